The van der Waals surface area contributed by atoms with E-state index in [0.29, 0.717) is 0 Å². The largest absolute Gasteiger partial charge is 0.384 e. The van der Waals surface area contributed by atoms with Crippen molar-refractivity contribution in [1.29, 1.82) is 0 Å². The predicted octanol–water partition coefficient (Wildman–Crippen LogP) is 0.874. The molecule has 0 aromatic heterocycles. The third-order valence-electron chi connectivity index (χ3n) is 3.51. The Morgan fingerprint density at radius 3 is 2.93 bits per heavy atom. The molecular formula is C12H22N2O. The van der Waals surface area contributed by atoms with Gasteiger partial charge in [-0.15, -0.1) is 0 Å². The molecule has 2 aliphatic heterocycles. The van der Waals surface area contributed by atoms with Crippen LogP contribution in [0.15, 0.2) is 11.1 Å². The lowest BCUT2D eigenvalue weighted by Crippen LogP contribution is -2.36. The molecule has 86 valence electrons. The van der Waals surface area contributed by atoms with Crippen molar-refractivity contribution in [2.24, 2.45) is 5.92 Å². The Labute approximate surface area is 92.5 Å². The maximum absolute atomic E-state index is 5.21. The van der Waals surface area contributed by atoms with Crippen LogP contribution in [0.1, 0.15) is 13.3 Å². The average Bonchev–Trinajstić information content (AvgIpc) is 2.49. The number of nitrogens with zero attached hydrogens (tertiary/aromatic N) is 1. The highest BCUT2D eigenvalue weighted by Crippen LogP contribution is 2.19. The fourth-order valence-electron chi connectivity index (χ4n) is 2.43. The number of nitrogens with one attached hydrogen (secondary N) is 1. The van der Waals surface area contributed by atoms with Gasteiger partial charge in [-0.3, -0.25) is 4.90 Å². The second-order valence-electron chi connectivity index (χ2n) is 4.83. The molecular weight excluding hydrogens is 188 g/mol. The van der Waals surface area contributed by atoms with E-state index in [1.807, 2.05) is 0 Å². The lowest BCUT2D eigenvalue weighted by Gasteiger charge is -2.25. The van der Waals surface area contributed by atoms with Gasteiger partial charge in [0.15, 0.2) is 0 Å². The molecule has 2 heterocycles. The Bertz CT molecular complexity index is 244. The van der Waals surface area contributed by atoms with Crippen molar-refractivity contribution < 1.29 is 4.74 Å². The van der Waals surface area contributed by atoms with E-state index < -0.39 is 0 Å². The van der Waals surface area contributed by atoms with E-state index in [0.717, 1.165) is 32.2 Å². The SMILES string of the molecule is COCC1CCN(CC(C)=C2CNC2)C1. The third-order valence-corrected chi connectivity index (χ3v) is 3.51. The molecule has 2 aliphatic rings. The molecule has 2 rings (SSSR count). The van der Waals surface area contributed by atoms with E-state index >= 15 is 0 Å². The minimum absolute atomic E-state index is 0.757. The van der Waals surface area contributed by atoms with Gasteiger partial charge in [0.25, 0.3) is 0 Å². The zero-order valence-electron chi connectivity index (χ0n) is 9.88. The molecule has 0 amide bonds. The minimum Gasteiger partial charge on any atom is -0.384 e. The highest BCUT2D eigenvalue weighted by Gasteiger charge is 2.23. The van der Waals surface area contributed by atoms with Gasteiger partial charge in [-0.25, -0.2) is 0 Å². The summed E-state index contributed by atoms with van der Waals surface area (Å²) in [6.45, 7) is 9.05. The summed E-state index contributed by atoms with van der Waals surface area (Å²) in [7, 11) is 1.80. The summed E-state index contributed by atoms with van der Waals surface area (Å²) < 4.78 is 5.21. The molecule has 0 spiro atoms. The molecule has 0 aliphatic carbocycles. The Kier molecular flexibility index (Phi) is 3.78. The van der Waals surface area contributed by atoms with Gasteiger partial charge in [-0.1, -0.05) is 5.57 Å². The second kappa shape index (κ2) is 5.10. The molecule has 0 bridgehead atoms. The van der Waals surface area contributed by atoms with E-state index in [4.69, 9.17) is 4.74 Å². The van der Waals surface area contributed by atoms with Crippen LogP contribution in [0.4, 0.5) is 0 Å². The molecule has 1 atom stereocenters. The van der Waals surface area contributed by atoms with Gasteiger partial charge >= 0.3 is 0 Å². The first kappa shape index (κ1) is 11.1. The molecule has 1 N–H and O–H groups in total. The van der Waals surface area contributed by atoms with Crippen molar-refractivity contribution in [2.45, 2.75) is 13.3 Å². The van der Waals surface area contributed by atoms with Crippen molar-refractivity contribution >= 4 is 0 Å². The number of methoxy groups -OCH3 is 1. The first-order valence-electron chi connectivity index (χ1n) is 5.89. The van der Waals surface area contributed by atoms with Crippen LogP contribution in [0.3, 0.4) is 0 Å². The Balaban J connectivity index is 1.76. The number of hydrogen-bond acceptors (Lipinski definition) is 3. The van der Waals surface area contributed by atoms with Crippen LogP contribution in [-0.4, -0.2) is 51.3 Å². The molecule has 0 saturated carbocycles. The lowest BCUT2D eigenvalue weighted by atomic mass is 10.0. The van der Waals surface area contributed by atoms with Gasteiger partial charge in [-0.05, 0) is 31.4 Å². The zero-order chi connectivity index (χ0) is 10.7. The monoisotopic (exact) mass is 210 g/mol. The predicted molar refractivity (Wildman–Crippen MR) is 62.0 cm³/mol. The van der Waals surface area contributed by atoms with Crippen molar-refractivity contribution in [3.8, 4) is 0 Å². The van der Waals surface area contributed by atoms with Gasteiger partial charge in [-0.2, -0.15) is 0 Å². The molecule has 2 fully saturated rings. The molecule has 15 heavy (non-hydrogen) atoms. The summed E-state index contributed by atoms with van der Waals surface area (Å²) in [5.41, 5.74) is 3.19. The minimum atomic E-state index is 0.757. The van der Waals surface area contributed by atoms with Crippen LogP contribution in [0, 0.1) is 5.92 Å². The first-order chi connectivity index (χ1) is 7.29. The summed E-state index contributed by atoms with van der Waals surface area (Å²) >= 11 is 0. The van der Waals surface area contributed by atoms with E-state index in [-0.39, 0.29) is 0 Å². The summed E-state index contributed by atoms with van der Waals surface area (Å²) in [6, 6.07) is 0. The van der Waals surface area contributed by atoms with Crippen LogP contribution in [0.2, 0.25) is 0 Å². The standard InChI is InChI=1S/C12H22N2O/c1-10(12-5-13-6-12)7-14-4-3-11(8-14)9-15-2/h11,13H,3-9H2,1-2H3. The van der Waals surface area contributed by atoms with Gasteiger partial charge in [0, 0.05) is 33.3 Å². The Hall–Kier alpha value is -0.380. The number of likely N-dealkylation sites (tertiary alicyclic amines) is 1. The van der Waals surface area contributed by atoms with Crippen molar-refractivity contribution in [3.63, 3.8) is 0 Å². The van der Waals surface area contributed by atoms with E-state index in [1.54, 1.807) is 18.3 Å². The van der Waals surface area contributed by atoms with Gasteiger partial charge in [0.05, 0.1) is 6.61 Å². The molecule has 0 aromatic rings. The topological polar surface area (TPSA) is 24.5 Å². The fourth-order valence-corrected chi connectivity index (χ4v) is 2.43. The highest BCUT2D eigenvalue weighted by atomic mass is 16.5. The van der Waals surface area contributed by atoms with Gasteiger partial charge in [0.1, 0.15) is 0 Å². The lowest BCUT2D eigenvalue weighted by molar-refractivity contribution is 0.154. The Morgan fingerprint density at radius 1 is 1.53 bits per heavy atom. The van der Waals surface area contributed by atoms with Crippen LogP contribution in [0.25, 0.3) is 0 Å². The van der Waals surface area contributed by atoms with E-state index in [9.17, 15) is 0 Å². The number of hydrogen-bond donors (Lipinski definition) is 1. The van der Waals surface area contributed by atoms with Gasteiger partial charge < -0.3 is 10.1 Å². The summed E-state index contributed by atoms with van der Waals surface area (Å²) in [4.78, 5) is 2.56. The van der Waals surface area contributed by atoms with Crippen molar-refractivity contribution in [1.82, 2.24) is 10.2 Å². The highest BCUT2D eigenvalue weighted by molar-refractivity contribution is 5.22. The molecule has 0 radical (unpaired) electrons. The molecule has 1 unspecified atom stereocenters. The summed E-state index contributed by atoms with van der Waals surface area (Å²) in [5, 5.41) is 3.30. The third kappa shape index (κ3) is 2.80. The fraction of sp³-hybridized carbons (Fsp3) is 0.833. The zero-order valence-corrected chi connectivity index (χ0v) is 9.88. The van der Waals surface area contributed by atoms with E-state index in [1.165, 1.54) is 19.5 Å². The molecule has 2 saturated heterocycles. The van der Waals surface area contributed by atoms with Crippen molar-refractivity contribution in [2.75, 3.05) is 46.4 Å². The van der Waals surface area contributed by atoms with E-state index in [2.05, 4.69) is 17.1 Å². The van der Waals surface area contributed by atoms with Crippen LogP contribution in [-0.2, 0) is 4.74 Å². The van der Waals surface area contributed by atoms with Crippen molar-refractivity contribution in [3.05, 3.63) is 11.1 Å². The average molecular weight is 210 g/mol. The quantitative estimate of drug-likeness (QED) is 0.697. The first-order valence-corrected chi connectivity index (χ1v) is 5.89. The number of ether oxygens (including phenoxy) is 1. The maximum atomic E-state index is 5.21. The van der Waals surface area contributed by atoms with Gasteiger partial charge in [0.2, 0.25) is 0 Å². The second-order valence-corrected chi connectivity index (χ2v) is 4.83. The van der Waals surface area contributed by atoms with Crippen LogP contribution >= 0.6 is 0 Å². The molecule has 3 heteroatoms. The molecule has 3 nitrogen and oxygen atoms in total. The van der Waals surface area contributed by atoms with Crippen LogP contribution in [0.5, 0.6) is 0 Å². The van der Waals surface area contributed by atoms with Crippen LogP contribution < -0.4 is 5.32 Å². The maximum Gasteiger partial charge on any atom is 0.0503 e. The number of rotatable bonds is 4. The summed E-state index contributed by atoms with van der Waals surface area (Å²) in [5.74, 6) is 0.757. The normalized spacial score (nSPS) is 26.8. The Morgan fingerprint density at radius 2 is 2.33 bits per heavy atom. The smallest absolute Gasteiger partial charge is 0.0503 e. The summed E-state index contributed by atoms with van der Waals surface area (Å²) in [6.07, 6.45) is 1.30. The molecule has 0 aromatic carbocycles.